The molecule has 0 fully saturated rings. The summed E-state index contributed by atoms with van der Waals surface area (Å²) in [4.78, 5) is 27.1. The Morgan fingerprint density at radius 2 is 1.60 bits per heavy atom. The van der Waals surface area contributed by atoms with E-state index in [-0.39, 0.29) is 27.7 Å². The Hall–Kier alpha value is -2.36. The molecular weight excluding hydrogens is 312 g/mol. The van der Waals surface area contributed by atoms with Crippen molar-refractivity contribution in [2.24, 2.45) is 0 Å². The van der Waals surface area contributed by atoms with E-state index in [9.17, 15) is 9.59 Å². The minimum atomic E-state index is -0.347. The number of carbonyl (C=O) groups excluding carboxylic acids is 1. The fraction of sp³-hybridized carbons (Fsp3) is 0.429. The molecule has 4 heteroatoms. The van der Waals surface area contributed by atoms with E-state index in [4.69, 9.17) is 0 Å². The molecule has 2 aromatic rings. The van der Waals surface area contributed by atoms with E-state index in [0.29, 0.717) is 6.54 Å². The predicted octanol–water partition coefficient (Wildman–Crippen LogP) is 3.69. The van der Waals surface area contributed by atoms with Gasteiger partial charge in [0, 0.05) is 29.9 Å². The highest BCUT2D eigenvalue weighted by Crippen LogP contribution is 2.27. The van der Waals surface area contributed by atoms with Gasteiger partial charge in [-0.1, -0.05) is 58.9 Å². The zero-order chi connectivity index (χ0) is 18.8. The number of aromatic amines is 1. The van der Waals surface area contributed by atoms with E-state index in [1.165, 1.54) is 17.8 Å². The van der Waals surface area contributed by atoms with Crippen LogP contribution in [0.2, 0.25) is 0 Å². The van der Waals surface area contributed by atoms with Crippen LogP contribution in [0.5, 0.6) is 0 Å². The molecule has 1 amide bonds. The fourth-order valence-corrected chi connectivity index (χ4v) is 2.67. The van der Waals surface area contributed by atoms with E-state index in [1.807, 2.05) is 0 Å². The average Bonchev–Trinajstić information content (AvgIpc) is 2.52. The number of pyridine rings is 1. The summed E-state index contributed by atoms with van der Waals surface area (Å²) in [6.45, 7) is 13.0. The number of benzene rings is 1. The minimum Gasteiger partial charge on any atom is -0.364 e. The number of amides is 1. The number of nitrogens with one attached hydrogen (secondary N) is 2. The number of rotatable bonds is 4. The zero-order valence-corrected chi connectivity index (χ0v) is 16.0. The van der Waals surface area contributed by atoms with E-state index in [1.54, 1.807) is 6.92 Å². The van der Waals surface area contributed by atoms with Gasteiger partial charge in [-0.2, -0.15) is 0 Å². The van der Waals surface area contributed by atoms with Crippen LogP contribution in [0, 0.1) is 6.92 Å². The maximum absolute atomic E-state index is 12.3. The van der Waals surface area contributed by atoms with Crippen molar-refractivity contribution in [3.05, 3.63) is 69.1 Å². The molecule has 0 saturated heterocycles. The first-order chi connectivity index (χ1) is 11.5. The molecule has 0 radical (unpaired) electrons. The summed E-state index contributed by atoms with van der Waals surface area (Å²) in [6, 6.07) is 9.95. The standard InChI is InChI=1S/C21H28N2O2/c1-14-11-18(24)17(12-22-14)19(25)23-13-21(5,6)16-9-7-15(8-10-16)20(2,3)4/h7-12H,13H2,1-6H3,(H,22,24)(H,23,25). The average molecular weight is 340 g/mol. The van der Waals surface area contributed by atoms with Crippen molar-refractivity contribution in [3.63, 3.8) is 0 Å². The molecule has 0 aliphatic heterocycles. The number of H-pyrrole nitrogens is 1. The highest BCUT2D eigenvalue weighted by molar-refractivity contribution is 5.93. The van der Waals surface area contributed by atoms with Crippen LogP contribution >= 0.6 is 0 Å². The Labute approximate surface area is 149 Å². The second-order valence-corrected chi connectivity index (χ2v) is 8.29. The Balaban J connectivity index is 2.10. The highest BCUT2D eigenvalue weighted by atomic mass is 16.2. The molecule has 4 nitrogen and oxygen atoms in total. The van der Waals surface area contributed by atoms with Crippen LogP contribution in [0.4, 0.5) is 0 Å². The molecule has 0 spiro atoms. The van der Waals surface area contributed by atoms with Crippen molar-refractivity contribution < 1.29 is 4.79 Å². The quantitative estimate of drug-likeness (QED) is 0.892. The lowest BCUT2D eigenvalue weighted by Gasteiger charge is -2.27. The van der Waals surface area contributed by atoms with E-state index >= 15 is 0 Å². The second-order valence-electron chi connectivity index (χ2n) is 8.29. The first-order valence-electron chi connectivity index (χ1n) is 8.59. The zero-order valence-electron chi connectivity index (χ0n) is 16.0. The summed E-state index contributed by atoms with van der Waals surface area (Å²) in [5, 5.41) is 2.88. The molecule has 1 aromatic carbocycles. The van der Waals surface area contributed by atoms with Crippen molar-refractivity contribution in [2.45, 2.75) is 52.4 Å². The molecule has 0 aliphatic rings. The summed E-state index contributed by atoms with van der Waals surface area (Å²) < 4.78 is 0. The number of aromatic nitrogens is 1. The van der Waals surface area contributed by atoms with Gasteiger partial charge in [-0.25, -0.2) is 0 Å². The highest BCUT2D eigenvalue weighted by Gasteiger charge is 2.23. The Morgan fingerprint density at radius 3 is 2.12 bits per heavy atom. The third-order valence-electron chi connectivity index (χ3n) is 4.53. The van der Waals surface area contributed by atoms with Gasteiger partial charge in [0.25, 0.3) is 5.91 Å². The third kappa shape index (κ3) is 4.59. The number of hydrogen-bond acceptors (Lipinski definition) is 2. The topological polar surface area (TPSA) is 62.0 Å². The molecule has 134 valence electrons. The third-order valence-corrected chi connectivity index (χ3v) is 4.53. The van der Waals surface area contributed by atoms with Gasteiger partial charge in [-0.3, -0.25) is 9.59 Å². The maximum Gasteiger partial charge on any atom is 0.256 e. The van der Waals surface area contributed by atoms with Gasteiger partial charge in [-0.05, 0) is 23.5 Å². The number of carbonyl (C=O) groups is 1. The maximum atomic E-state index is 12.3. The number of aryl methyl sites for hydroxylation is 1. The Bertz CT molecular complexity index is 809. The summed E-state index contributed by atoms with van der Waals surface area (Å²) in [6.07, 6.45) is 1.47. The van der Waals surface area contributed by atoms with Crippen LogP contribution < -0.4 is 10.7 Å². The van der Waals surface area contributed by atoms with E-state index < -0.39 is 0 Å². The SMILES string of the molecule is Cc1cc(=O)c(C(=O)NCC(C)(C)c2ccc(C(C)(C)C)cc2)c[nH]1. The second kappa shape index (κ2) is 6.87. The van der Waals surface area contributed by atoms with Crippen molar-refractivity contribution in [3.8, 4) is 0 Å². The summed E-state index contributed by atoms with van der Waals surface area (Å²) in [7, 11) is 0. The lowest BCUT2D eigenvalue weighted by molar-refractivity contribution is 0.0944. The van der Waals surface area contributed by atoms with E-state index in [0.717, 1.165) is 11.3 Å². The molecule has 2 rings (SSSR count). The van der Waals surface area contributed by atoms with Crippen molar-refractivity contribution in [2.75, 3.05) is 6.54 Å². The first kappa shape index (κ1) is 19.0. The van der Waals surface area contributed by atoms with E-state index in [2.05, 4.69) is 69.2 Å². The van der Waals surface area contributed by atoms with Gasteiger partial charge in [0.2, 0.25) is 0 Å². The fourth-order valence-electron chi connectivity index (χ4n) is 2.67. The molecule has 1 heterocycles. The van der Waals surface area contributed by atoms with Gasteiger partial charge in [0.15, 0.2) is 5.43 Å². The monoisotopic (exact) mass is 340 g/mol. The molecule has 1 aromatic heterocycles. The van der Waals surface area contributed by atoms with Crippen LogP contribution in [0.25, 0.3) is 0 Å². The lowest BCUT2D eigenvalue weighted by atomic mass is 9.81. The van der Waals surface area contributed by atoms with Crippen LogP contribution in [0.1, 0.15) is 61.8 Å². The van der Waals surface area contributed by atoms with Gasteiger partial charge in [0.1, 0.15) is 5.56 Å². The molecule has 0 bridgehead atoms. The first-order valence-corrected chi connectivity index (χ1v) is 8.59. The van der Waals surface area contributed by atoms with Crippen molar-refractivity contribution in [1.29, 1.82) is 0 Å². The van der Waals surface area contributed by atoms with Gasteiger partial charge in [0.05, 0.1) is 0 Å². The van der Waals surface area contributed by atoms with Crippen molar-refractivity contribution >= 4 is 5.91 Å². The minimum absolute atomic E-state index is 0.114. The molecular formula is C21H28N2O2. The normalized spacial score (nSPS) is 12.1. The van der Waals surface area contributed by atoms with Crippen LogP contribution in [-0.2, 0) is 10.8 Å². The van der Waals surface area contributed by atoms with Crippen molar-refractivity contribution in [1.82, 2.24) is 10.3 Å². The van der Waals surface area contributed by atoms with Gasteiger partial charge in [-0.15, -0.1) is 0 Å². The molecule has 0 unspecified atom stereocenters. The smallest absolute Gasteiger partial charge is 0.256 e. The summed E-state index contributed by atoms with van der Waals surface area (Å²) in [5.74, 6) is -0.347. The Morgan fingerprint density at radius 1 is 1.04 bits per heavy atom. The van der Waals surface area contributed by atoms with Crippen LogP contribution in [0.3, 0.4) is 0 Å². The van der Waals surface area contributed by atoms with Gasteiger partial charge >= 0.3 is 0 Å². The Kier molecular flexibility index (Phi) is 5.21. The number of hydrogen-bond donors (Lipinski definition) is 2. The molecule has 25 heavy (non-hydrogen) atoms. The molecule has 0 saturated carbocycles. The predicted molar refractivity (Wildman–Crippen MR) is 102 cm³/mol. The molecule has 0 atom stereocenters. The molecule has 2 N–H and O–H groups in total. The van der Waals surface area contributed by atoms with Crippen LogP contribution in [-0.4, -0.2) is 17.4 Å². The lowest BCUT2D eigenvalue weighted by Crippen LogP contribution is -2.38. The largest absolute Gasteiger partial charge is 0.364 e. The van der Waals surface area contributed by atoms with Gasteiger partial charge < -0.3 is 10.3 Å². The molecule has 0 aliphatic carbocycles. The summed E-state index contributed by atoms with van der Waals surface area (Å²) in [5.41, 5.74) is 2.93. The summed E-state index contributed by atoms with van der Waals surface area (Å²) >= 11 is 0. The van der Waals surface area contributed by atoms with Crippen LogP contribution in [0.15, 0.2) is 41.3 Å².